The van der Waals surface area contributed by atoms with Crippen molar-refractivity contribution in [2.24, 2.45) is 0 Å². The van der Waals surface area contributed by atoms with E-state index in [1.165, 1.54) is 6.33 Å². The van der Waals surface area contributed by atoms with Crippen molar-refractivity contribution in [3.8, 4) is 0 Å². The zero-order valence-electron chi connectivity index (χ0n) is 12.8. The molecule has 23 heavy (non-hydrogen) atoms. The summed E-state index contributed by atoms with van der Waals surface area (Å²) in [5, 5.41) is 15.4. The summed E-state index contributed by atoms with van der Waals surface area (Å²) in [6.07, 6.45) is 4.76. The number of aromatic nitrogens is 3. The Bertz CT molecular complexity index is 623. The second kappa shape index (κ2) is 8.67. The lowest BCUT2D eigenvalue weighted by atomic mass is 10.1. The van der Waals surface area contributed by atoms with Crippen molar-refractivity contribution in [1.29, 1.82) is 0 Å². The van der Waals surface area contributed by atoms with E-state index in [1.807, 2.05) is 24.3 Å². The SMILES string of the molecule is O=C(O)CCCCC(=O)NCc1ccc(Cn2cncn2)cc1. The van der Waals surface area contributed by atoms with Gasteiger partial charge < -0.3 is 10.4 Å². The maximum Gasteiger partial charge on any atom is 0.303 e. The van der Waals surface area contributed by atoms with Gasteiger partial charge in [0.25, 0.3) is 0 Å². The molecule has 1 heterocycles. The zero-order valence-corrected chi connectivity index (χ0v) is 12.8. The van der Waals surface area contributed by atoms with E-state index in [9.17, 15) is 9.59 Å². The number of carboxylic acids is 1. The highest BCUT2D eigenvalue weighted by molar-refractivity contribution is 5.75. The Morgan fingerprint density at radius 2 is 1.78 bits per heavy atom. The molecule has 2 N–H and O–H groups in total. The van der Waals surface area contributed by atoms with Gasteiger partial charge in [-0.25, -0.2) is 9.67 Å². The molecule has 1 amide bonds. The zero-order chi connectivity index (χ0) is 16.5. The van der Waals surface area contributed by atoms with E-state index in [-0.39, 0.29) is 12.3 Å². The molecule has 0 aliphatic rings. The Hall–Kier alpha value is -2.70. The molecule has 1 aromatic carbocycles. The Balaban J connectivity index is 1.69. The molecular weight excluding hydrogens is 296 g/mol. The number of carbonyl (C=O) groups excluding carboxylic acids is 1. The number of amides is 1. The van der Waals surface area contributed by atoms with Crippen molar-refractivity contribution in [3.05, 3.63) is 48.0 Å². The van der Waals surface area contributed by atoms with Gasteiger partial charge in [0.15, 0.2) is 0 Å². The van der Waals surface area contributed by atoms with Crippen LogP contribution in [0.15, 0.2) is 36.9 Å². The van der Waals surface area contributed by atoms with E-state index in [0.29, 0.717) is 32.4 Å². The summed E-state index contributed by atoms with van der Waals surface area (Å²) in [6.45, 7) is 1.14. The second-order valence-electron chi connectivity index (χ2n) is 5.29. The molecule has 0 atom stereocenters. The van der Waals surface area contributed by atoms with Crippen molar-refractivity contribution in [3.63, 3.8) is 0 Å². The number of carboxylic acid groups (broad SMARTS) is 1. The summed E-state index contributed by atoms with van der Waals surface area (Å²) < 4.78 is 1.74. The molecule has 122 valence electrons. The molecule has 0 bridgehead atoms. The normalized spacial score (nSPS) is 10.4. The molecule has 0 unspecified atom stereocenters. The van der Waals surface area contributed by atoms with Crippen LogP contribution in [0.1, 0.15) is 36.8 Å². The van der Waals surface area contributed by atoms with Crippen LogP contribution in [0.2, 0.25) is 0 Å². The first-order valence-electron chi connectivity index (χ1n) is 7.52. The lowest BCUT2D eigenvalue weighted by Crippen LogP contribution is -2.22. The Kier molecular flexibility index (Phi) is 6.28. The van der Waals surface area contributed by atoms with Crippen LogP contribution >= 0.6 is 0 Å². The predicted octanol–water partition coefficient (Wildman–Crippen LogP) is 1.59. The smallest absolute Gasteiger partial charge is 0.303 e. The van der Waals surface area contributed by atoms with Crippen LogP contribution in [0.5, 0.6) is 0 Å². The summed E-state index contributed by atoms with van der Waals surface area (Å²) in [6, 6.07) is 7.93. The topological polar surface area (TPSA) is 97.1 Å². The van der Waals surface area contributed by atoms with Gasteiger partial charge in [-0.15, -0.1) is 0 Å². The van der Waals surface area contributed by atoms with E-state index in [4.69, 9.17) is 5.11 Å². The van der Waals surface area contributed by atoms with E-state index >= 15 is 0 Å². The molecule has 0 saturated heterocycles. The standard InChI is InChI=1S/C16H20N4O3/c21-15(3-1-2-4-16(22)23)18-9-13-5-7-14(8-6-13)10-20-12-17-11-19-20/h5-8,11-12H,1-4,9-10H2,(H,18,21)(H,22,23). The Labute approximate surface area is 134 Å². The number of hydrogen-bond donors (Lipinski definition) is 2. The summed E-state index contributed by atoms with van der Waals surface area (Å²) in [7, 11) is 0. The number of rotatable bonds is 9. The van der Waals surface area contributed by atoms with Crippen LogP contribution in [0.3, 0.4) is 0 Å². The first-order valence-corrected chi connectivity index (χ1v) is 7.52. The molecule has 7 nitrogen and oxygen atoms in total. The van der Waals surface area contributed by atoms with Crippen molar-refractivity contribution in [2.75, 3.05) is 0 Å². The minimum atomic E-state index is -0.823. The third-order valence-corrected chi connectivity index (χ3v) is 3.37. The van der Waals surface area contributed by atoms with Crippen molar-refractivity contribution >= 4 is 11.9 Å². The number of nitrogens with zero attached hydrogens (tertiary/aromatic N) is 3. The van der Waals surface area contributed by atoms with Crippen molar-refractivity contribution in [1.82, 2.24) is 20.1 Å². The molecular formula is C16H20N4O3. The largest absolute Gasteiger partial charge is 0.481 e. The van der Waals surface area contributed by atoms with E-state index in [1.54, 1.807) is 11.0 Å². The number of hydrogen-bond acceptors (Lipinski definition) is 4. The number of carbonyl (C=O) groups is 2. The van der Waals surface area contributed by atoms with Crippen LogP contribution < -0.4 is 5.32 Å². The molecule has 7 heteroatoms. The number of aliphatic carboxylic acids is 1. The Morgan fingerprint density at radius 3 is 2.43 bits per heavy atom. The summed E-state index contributed by atoms with van der Waals surface area (Å²) in [5.74, 6) is -0.876. The average Bonchev–Trinajstić information content (AvgIpc) is 3.04. The van der Waals surface area contributed by atoms with Crippen LogP contribution in [-0.2, 0) is 22.7 Å². The molecule has 0 radical (unpaired) electrons. The highest BCUT2D eigenvalue weighted by Crippen LogP contribution is 2.06. The van der Waals surface area contributed by atoms with Crippen molar-refractivity contribution in [2.45, 2.75) is 38.8 Å². The maximum absolute atomic E-state index is 11.7. The molecule has 2 rings (SSSR count). The molecule has 0 fully saturated rings. The number of benzene rings is 1. The lowest BCUT2D eigenvalue weighted by Gasteiger charge is -2.07. The molecule has 1 aromatic heterocycles. The van der Waals surface area contributed by atoms with Crippen LogP contribution in [0.25, 0.3) is 0 Å². The predicted molar refractivity (Wildman–Crippen MR) is 83.5 cm³/mol. The van der Waals surface area contributed by atoms with Gasteiger partial charge in [0.2, 0.25) is 5.91 Å². The van der Waals surface area contributed by atoms with Gasteiger partial charge in [-0.1, -0.05) is 24.3 Å². The molecule has 0 aliphatic heterocycles. The van der Waals surface area contributed by atoms with E-state index < -0.39 is 5.97 Å². The fraction of sp³-hybridized carbons (Fsp3) is 0.375. The third-order valence-electron chi connectivity index (χ3n) is 3.37. The molecule has 0 saturated carbocycles. The number of nitrogens with one attached hydrogen (secondary N) is 1. The van der Waals surface area contributed by atoms with Gasteiger partial charge in [0, 0.05) is 19.4 Å². The van der Waals surface area contributed by atoms with Crippen molar-refractivity contribution < 1.29 is 14.7 Å². The monoisotopic (exact) mass is 316 g/mol. The fourth-order valence-electron chi connectivity index (χ4n) is 2.11. The van der Waals surface area contributed by atoms with Gasteiger partial charge in [0.1, 0.15) is 12.7 Å². The minimum Gasteiger partial charge on any atom is -0.481 e. The second-order valence-corrected chi connectivity index (χ2v) is 5.29. The lowest BCUT2D eigenvalue weighted by molar-refractivity contribution is -0.137. The first kappa shape index (κ1) is 16.7. The summed E-state index contributed by atoms with van der Waals surface area (Å²) >= 11 is 0. The summed E-state index contributed by atoms with van der Waals surface area (Å²) in [5.41, 5.74) is 2.13. The van der Waals surface area contributed by atoms with Gasteiger partial charge in [-0.3, -0.25) is 9.59 Å². The van der Waals surface area contributed by atoms with Gasteiger partial charge in [-0.2, -0.15) is 5.10 Å². The van der Waals surface area contributed by atoms with Gasteiger partial charge in [0.05, 0.1) is 6.54 Å². The number of unbranched alkanes of at least 4 members (excludes halogenated alkanes) is 1. The molecule has 2 aromatic rings. The first-order chi connectivity index (χ1) is 11.1. The van der Waals surface area contributed by atoms with Crippen LogP contribution in [0, 0.1) is 0 Å². The third kappa shape index (κ3) is 6.29. The van der Waals surface area contributed by atoms with E-state index in [2.05, 4.69) is 15.4 Å². The highest BCUT2D eigenvalue weighted by atomic mass is 16.4. The quantitative estimate of drug-likeness (QED) is 0.685. The van der Waals surface area contributed by atoms with Crippen LogP contribution in [0.4, 0.5) is 0 Å². The highest BCUT2D eigenvalue weighted by Gasteiger charge is 2.03. The van der Waals surface area contributed by atoms with Gasteiger partial charge in [-0.05, 0) is 24.0 Å². The fourth-order valence-corrected chi connectivity index (χ4v) is 2.11. The minimum absolute atomic E-state index is 0.0536. The summed E-state index contributed by atoms with van der Waals surface area (Å²) in [4.78, 5) is 25.9. The van der Waals surface area contributed by atoms with E-state index in [0.717, 1.165) is 11.1 Å². The molecule has 0 spiro atoms. The van der Waals surface area contributed by atoms with Crippen LogP contribution in [-0.4, -0.2) is 31.7 Å². The Morgan fingerprint density at radius 1 is 1.09 bits per heavy atom. The molecule has 0 aliphatic carbocycles. The van der Waals surface area contributed by atoms with Gasteiger partial charge >= 0.3 is 5.97 Å². The average molecular weight is 316 g/mol. The maximum atomic E-state index is 11.7.